The maximum Gasteiger partial charge on any atom is 0.387 e. The molecule has 22 heavy (non-hydrogen) atoms. The zero-order valence-electron chi connectivity index (χ0n) is 10.9. The summed E-state index contributed by atoms with van der Waals surface area (Å²) in [4.78, 5) is 14.8. The standard InChI is InChI=1S/C14H9F4NO3/c15-11-6-19-12(16)5-9(11)7-21-13(20)8-1-3-10(4-2-8)22-14(17)18/h1-6,14H,7H2. The van der Waals surface area contributed by atoms with Crippen molar-refractivity contribution in [2.24, 2.45) is 0 Å². The summed E-state index contributed by atoms with van der Waals surface area (Å²) in [6.45, 7) is -3.46. The van der Waals surface area contributed by atoms with E-state index >= 15 is 0 Å². The second-order valence-corrected chi connectivity index (χ2v) is 4.08. The quantitative estimate of drug-likeness (QED) is 0.482. The van der Waals surface area contributed by atoms with E-state index in [4.69, 9.17) is 4.74 Å². The van der Waals surface area contributed by atoms with Crippen molar-refractivity contribution in [1.82, 2.24) is 4.98 Å². The smallest absolute Gasteiger partial charge is 0.387 e. The topological polar surface area (TPSA) is 48.4 Å². The molecule has 0 radical (unpaired) electrons. The van der Waals surface area contributed by atoms with E-state index in [2.05, 4.69) is 9.72 Å². The lowest BCUT2D eigenvalue weighted by atomic mass is 10.2. The molecule has 1 aromatic carbocycles. The minimum Gasteiger partial charge on any atom is -0.457 e. The lowest BCUT2D eigenvalue weighted by molar-refractivity contribution is -0.0498. The first-order valence-corrected chi connectivity index (χ1v) is 5.97. The van der Waals surface area contributed by atoms with E-state index in [-0.39, 0.29) is 16.9 Å². The van der Waals surface area contributed by atoms with Crippen molar-refractivity contribution in [3.8, 4) is 5.75 Å². The summed E-state index contributed by atoms with van der Waals surface area (Å²) in [5, 5.41) is 0. The largest absolute Gasteiger partial charge is 0.457 e. The van der Waals surface area contributed by atoms with Crippen LogP contribution in [0.5, 0.6) is 5.75 Å². The molecular weight excluding hydrogens is 306 g/mol. The summed E-state index contributed by atoms with van der Waals surface area (Å²) in [5.74, 6) is -2.65. The number of aromatic nitrogens is 1. The molecule has 0 atom stereocenters. The van der Waals surface area contributed by atoms with E-state index in [1.807, 2.05) is 0 Å². The fourth-order valence-electron chi connectivity index (χ4n) is 1.56. The van der Waals surface area contributed by atoms with Crippen LogP contribution >= 0.6 is 0 Å². The molecule has 0 N–H and O–H groups in total. The van der Waals surface area contributed by atoms with Gasteiger partial charge in [0.25, 0.3) is 0 Å². The highest BCUT2D eigenvalue weighted by atomic mass is 19.3. The molecule has 0 fully saturated rings. The van der Waals surface area contributed by atoms with Crippen molar-refractivity contribution < 1.29 is 31.8 Å². The molecule has 0 bridgehead atoms. The van der Waals surface area contributed by atoms with Gasteiger partial charge >= 0.3 is 12.6 Å². The van der Waals surface area contributed by atoms with Gasteiger partial charge in [0.2, 0.25) is 5.95 Å². The highest BCUT2D eigenvalue weighted by molar-refractivity contribution is 5.89. The predicted octanol–water partition coefficient (Wildman–Crippen LogP) is 3.32. The summed E-state index contributed by atoms with van der Waals surface area (Å²) in [6.07, 6.45) is 0.676. The average Bonchev–Trinajstić information content (AvgIpc) is 2.48. The maximum absolute atomic E-state index is 13.3. The monoisotopic (exact) mass is 315 g/mol. The third-order valence-corrected chi connectivity index (χ3v) is 2.58. The van der Waals surface area contributed by atoms with Gasteiger partial charge in [-0.2, -0.15) is 13.2 Å². The lowest BCUT2D eigenvalue weighted by Crippen LogP contribution is -2.07. The first kappa shape index (κ1) is 15.7. The maximum atomic E-state index is 13.3. The highest BCUT2D eigenvalue weighted by Crippen LogP contribution is 2.16. The Morgan fingerprint density at radius 3 is 2.50 bits per heavy atom. The van der Waals surface area contributed by atoms with Crippen LogP contribution in [0.3, 0.4) is 0 Å². The second-order valence-electron chi connectivity index (χ2n) is 4.08. The van der Waals surface area contributed by atoms with Gasteiger partial charge in [-0.15, -0.1) is 0 Å². The van der Waals surface area contributed by atoms with Crippen LogP contribution in [0.15, 0.2) is 36.5 Å². The predicted molar refractivity (Wildman–Crippen MR) is 66.3 cm³/mol. The molecule has 0 unspecified atom stereocenters. The zero-order chi connectivity index (χ0) is 16.1. The van der Waals surface area contributed by atoms with Crippen LogP contribution in [0.2, 0.25) is 0 Å². The van der Waals surface area contributed by atoms with Gasteiger partial charge in [0.15, 0.2) is 0 Å². The Hall–Kier alpha value is -2.64. The fourth-order valence-corrected chi connectivity index (χ4v) is 1.56. The summed E-state index contributed by atoms with van der Waals surface area (Å²) < 4.78 is 59.0. The van der Waals surface area contributed by atoms with E-state index in [0.717, 1.165) is 18.2 Å². The Balaban J connectivity index is 1.98. The molecule has 1 aromatic heterocycles. The molecule has 2 rings (SSSR count). The Labute approximate surface area is 122 Å². The summed E-state index contributed by atoms with van der Waals surface area (Å²) in [5.41, 5.74) is -0.116. The molecule has 1 heterocycles. The lowest BCUT2D eigenvalue weighted by Gasteiger charge is -2.07. The molecule has 4 nitrogen and oxygen atoms in total. The van der Waals surface area contributed by atoms with Gasteiger partial charge < -0.3 is 9.47 Å². The number of esters is 1. The molecule has 0 aliphatic carbocycles. The molecule has 0 aliphatic heterocycles. The number of hydrogen-bond acceptors (Lipinski definition) is 4. The Morgan fingerprint density at radius 1 is 1.18 bits per heavy atom. The first-order chi connectivity index (χ1) is 10.5. The highest BCUT2D eigenvalue weighted by Gasteiger charge is 2.12. The average molecular weight is 315 g/mol. The number of alkyl halides is 2. The van der Waals surface area contributed by atoms with E-state index in [1.165, 1.54) is 12.1 Å². The summed E-state index contributed by atoms with van der Waals surface area (Å²) >= 11 is 0. The van der Waals surface area contributed by atoms with Crippen molar-refractivity contribution in [3.05, 3.63) is 59.4 Å². The summed E-state index contributed by atoms with van der Waals surface area (Å²) in [7, 11) is 0. The molecule has 0 saturated heterocycles. The molecule has 0 aliphatic rings. The second kappa shape index (κ2) is 6.88. The van der Waals surface area contributed by atoms with Crippen LogP contribution in [-0.4, -0.2) is 17.6 Å². The van der Waals surface area contributed by atoms with Crippen molar-refractivity contribution in [1.29, 1.82) is 0 Å². The van der Waals surface area contributed by atoms with Crippen LogP contribution in [0.4, 0.5) is 17.6 Å². The van der Waals surface area contributed by atoms with Crippen LogP contribution in [0.1, 0.15) is 15.9 Å². The third-order valence-electron chi connectivity index (χ3n) is 2.58. The van der Waals surface area contributed by atoms with Gasteiger partial charge in [0, 0.05) is 11.6 Å². The van der Waals surface area contributed by atoms with Crippen molar-refractivity contribution in [2.75, 3.05) is 0 Å². The van der Waals surface area contributed by atoms with Gasteiger partial charge in [-0.1, -0.05) is 0 Å². The molecular formula is C14H9F4NO3. The third kappa shape index (κ3) is 4.18. The van der Waals surface area contributed by atoms with E-state index in [1.54, 1.807) is 0 Å². The number of halogens is 4. The number of hydrogen-bond donors (Lipinski definition) is 0. The molecule has 2 aromatic rings. The van der Waals surface area contributed by atoms with Crippen molar-refractivity contribution in [2.45, 2.75) is 13.2 Å². The number of pyridine rings is 1. The first-order valence-electron chi connectivity index (χ1n) is 5.97. The molecule has 8 heteroatoms. The normalized spacial score (nSPS) is 10.6. The number of benzene rings is 1. The zero-order valence-corrected chi connectivity index (χ0v) is 10.9. The molecule has 0 amide bonds. The molecule has 0 spiro atoms. The fraction of sp³-hybridized carbons (Fsp3) is 0.143. The summed E-state index contributed by atoms with van der Waals surface area (Å²) in [6, 6.07) is 5.56. The minimum absolute atomic E-state index is 0.0524. The van der Waals surface area contributed by atoms with E-state index in [0.29, 0.717) is 6.20 Å². The molecule has 116 valence electrons. The Kier molecular flexibility index (Phi) is 4.92. The van der Waals surface area contributed by atoms with Gasteiger partial charge in [-0.3, -0.25) is 0 Å². The Morgan fingerprint density at radius 2 is 1.86 bits per heavy atom. The minimum atomic E-state index is -2.97. The number of ether oxygens (including phenoxy) is 2. The Bertz CT molecular complexity index is 662. The van der Waals surface area contributed by atoms with Gasteiger partial charge in [0.05, 0.1) is 11.8 Å². The number of rotatable bonds is 5. The number of carbonyl (C=O) groups excluding carboxylic acids is 1. The van der Waals surface area contributed by atoms with Crippen LogP contribution in [0.25, 0.3) is 0 Å². The van der Waals surface area contributed by atoms with E-state index in [9.17, 15) is 22.4 Å². The SMILES string of the molecule is O=C(OCc1cc(F)ncc1F)c1ccc(OC(F)F)cc1. The van der Waals surface area contributed by atoms with Gasteiger partial charge in [0.1, 0.15) is 18.2 Å². The van der Waals surface area contributed by atoms with Crippen LogP contribution < -0.4 is 4.74 Å². The number of carbonyl (C=O) groups is 1. The van der Waals surface area contributed by atoms with Gasteiger partial charge in [-0.05, 0) is 24.3 Å². The van der Waals surface area contributed by atoms with Gasteiger partial charge in [-0.25, -0.2) is 14.2 Å². The number of nitrogens with zero attached hydrogens (tertiary/aromatic N) is 1. The van der Waals surface area contributed by atoms with Crippen molar-refractivity contribution >= 4 is 5.97 Å². The molecule has 0 saturated carbocycles. The van der Waals surface area contributed by atoms with Crippen LogP contribution in [-0.2, 0) is 11.3 Å². The van der Waals surface area contributed by atoms with Crippen LogP contribution in [0, 0.1) is 11.8 Å². The van der Waals surface area contributed by atoms with Crippen molar-refractivity contribution in [3.63, 3.8) is 0 Å². The van der Waals surface area contributed by atoms with E-state index < -0.39 is 31.0 Å².